The Labute approximate surface area is 158 Å². The maximum atomic E-state index is 13.1. The second-order valence-electron chi connectivity index (χ2n) is 6.86. The van der Waals surface area contributed by atoms with Crippen LogP contribution in [0.5, 0.6) is 0 Å². The summed E-state index contributed by atoms with van der Waals surface area (Å²) < 4.78 is 29.2. The lowest BCUT2D eigenvalue weighted by molar-refractivity contribution is 0.383. The van der Waals surface area contributed by atoms with Crippen LogP contribution in [-0.4, -0.2) is 58.7 Å². The first-order valence-electron chi connectivity index (χ1n) is 8.88. The van der Waals surface area contributed by atoms with Crippen LogP contribution in [0.15, 0.2) is 35.2 Å². The van der Waals surface area contributed by atoms with Gasteiger partial charge in [-0.1, -0.05) is 12.1 Å². The topological polar surface area (TPSA) is 83.7 Å². The van der Waals surface area contributed by atoms with E-state index in [0.29, 0.717) is 42.5 Å². The largest absolute Gasteiger partial charge is 0.352 e. The minimum atomic E-state index is -3.49. The van der Waals surface area contributed by atoms with Gasteiger partial charge in [0.2, 0.25) is 10.0 Å². The fourth-order valence-corrected chi connectivity index (χ4v) is 5.06. The SMILES string of the molecule is Cc1ccc(C)c(S(=O)(=O)N2CCN(c3ccc4nc(C)nn4n3)CC2)c1. The molecular formula is C18H22N6O2S. The maximum absolute atomic E-state index is 13.1. The van der Waals surface area contributed by atoms with Gasteiger partial charge in [0.1, 0.15) is 5.82 Å². The highest BCUT2D eigenvalue weighted by Crippen LogP contribution is 2.23. The molecule has 0 bridgehead atoms. The van der Waals surface area contributed by atoms with Crippen molar-refractivity contribution in [3.05, 3.63) is 47.3 Å². The van der Waals surface area contributed by atoms with E-state index in [4.69, 9.17) is 0 Å². The van der Waals surface area contributed by atoms with E-state index in [1.807, 2.05) is 45.0 Å². The van der Waals surface area contributed by atoms with Crippen LogP contribution in [0.1, 0.15) is 17.0 Å². The summed E-state index contributed by atoms with van der Waals surface area (Å²) in [6.45, 7) is 7.57. The molecule has 1 aromatic carbocycles. The van der Waals surface area contributed by atoms with Crippen LogP contribution in [0, 0.1) is 20.8 Å². The molecule has 0 aliphatic carbocycles. The van der Waals surface area contributed by atoms with Gasteiger partial charge in [-0.15, -0.1) is 14.8 Å². The molecule has 3 heterocycles. The van der Waals surface area contributed by atoms with E-state index in [0.717, 1.165) is 16.9 Å². The minimum Gasteiger partial charge on any atom is -0.352 e. The molecule has 4 rings (SSSR count). The van der Waals surface area contributed by atoms with Gasteiger partial charge < -0.3 is 4.90 Å². The van der Waals surface area contributed by atoms with E-state index in [2.05, 4.69) is 20.1 Å². The van der Waals surface area contributed by atoms with Gasteiger partial charge in [0.05, 0.1) is 4.90 Å². The molecule has 0 amide bonds. The molecule has 2 aromatic heterocycles. The lowest BCUT2D eigenvalue weighted by Crippen LogP contribution is -2.49. The number of hydrogen-bond donors (Lipinski definition) is 0. The second kappa shape index (κ2) is 6.58. The van der Waals surface area contributed by atoms with Crippen LogP contribution in [0.2, 0.25) is 0 Å². The van der Waals surface area contributed by atoms with Crippen molar-refractivity contribution in [1.82, 2.24) is 24.1 Å². The number of anilines is 1. The van der Waals surface area contributed by atoms with Crippen molar-refractivity contribution in [1.29, 1.82) is 0 Å². The molecule has 0 unspecified atom stereocenters. The number of sulfonamides is 1. The lowest BCUT2D eigenvalue weighted by Gasteiger charge is -2.34. The van der Waals surface area contributed by atoms with Gasteiger partial charge in [-0.2, -0.15) is 4.31 Å². The number of aryl methyl sites for hydroxylation is 3. The van der Waals surface area contributed by atoms with Gasteiger partial charge in [-0.25, -0.2) is 13.4 Å². The number of piperazine rings is 1. The Hall–Kier alpha value is -2.52. The van der Waals surface area contributed by atoms with Gasteiger partial charge in [0, 0.05) is 26.2 Å². The average Bonchev–Trinajstić information content (AvgIpc) is 3.03. The molecule has 1 saturated heterocycles. The molecule has 0 N–H and O–H groups in total. The van der Waals surface area contributed by atoms with Gasteiger partial charge in [0.25, 0.3) is 0 Å². The van der Waals surface area contributed by atoms with E-state index < -0.39 is 10.0 Å². The second-order valence-corrected chi connectivity index (χ2v) is 8.76. The van der Waals surface area contributed by atoms with Gasteiger partial charge in [-0.05, 0) is 50.1 Å². The van der Waals surface area contributed by atoms with Crippen molar-refractivity contribution in [2.24, 2.45) is 0 Å². The molecule has 8 nitrogen and oxygen atoms in total. The number of fused-ring (bicyclic) bond motifs is 1. The zero-order valence-corrected chi connectivity index (χ0v) is 16.4. The summed E-state index contributed by atoms with van der Waals surface area (Å²) >= 11 is 0. The van der Waals surface area contributed by atoms with Crippen molar-refractivity contribution in [3.8, 4) is 0 Å². The van der Waals surface area contributed by atoms with E-state index in [9.17, 15) is 8.42 Å². The van der Waals surface area contributed by atoms with Crippen LogP contribution in [0.4, 0.5) is 5.82 Å². The van der Waals surface area contributed by atoms with Crippen LogP contribution >= 0.6 is 0 Å². The van der Waals surface area contributed by atoms with Crippen LogP contribution in [0.25, 0.3) is 5.65 Å². The number of benzene rings is 1. The Balaban J connectivity index is 1.53. The van der Waals surface area contributed by atoms with Gasteiger partial charge >= 0.3 is 0 Å². The quantitative estimate of drug-likeness (QED) is 0.679. The number of aromatic nitrogens is 4. The molecule has 27 heavy (non-hydrogen) atoms. The third kappa shape index (κ3) is 3.28. The van der Waals surface area contributed by atoms with Crippen molar-refractivity contribution in [2.75, 3.05) is 31.1 Å². The molecule has 1 aliphatic rings. The van der Waals surface area contributed by atoms with E-state index in [1.54, 1.807) is 10.4 Å². The predicted octanol–water partition coefficient (Wildman–Crippen LogP) is 1.56. The normalized spacial score (nSPS) is 16.2. The van der Waals surface area contributed by atoms with Crippen LogP contribution in [0.3, 0.4) is 0 Å². The lowest BCUT2D eigenvalue weighted by atomic mass is 10.2. The summed E-state index contributed by atoms with van der Waals surface area (Å²) in [7, 11) is -3.49. The van der Waals surface area contributed by atoms with Crippen molar-refractivity contribution in [2.45, 2.75) is 25.7 Å². The van der Waals surface area contributed by atoms with Crippen LogP contribution in [-0.2, 0) is 10.0 Å². The molecule has 0 spiro atoms. The Morgan fingerprint density at radius 3 is 2.41 bits per heavy atom. The summed E-state index contributed by atoms with van der Waals surface area (Å²) in [5.74, 6) is 1.44. The van der Waals surface area contributed by atoms with E-state index >= 15 is 0 Å². The summed E-state index contributed by atoms with van der Waals surface area (Å²) in [4.78, 5) is 6.75. The smallest absolute Gasteiger partial charge is 0.243 e. The Morgan fingerprint density at radius 2 is 1.67 bits per heavy atom. The monoisotopic (exact) mass is 386 g/mol. The van der Waals surface area contributed by atoms with Gasteiger partial charge in [-0.3, -0.25) is 0 Å². The Bertz CT molecular complexity index is 1100. The highest BCUT2D eigenvalue weighted by molar-refractivity contribution is 7.89. The highest BCUT2D eigenvalue weighted by atomic mass is 32.2. The molecule has 1 aliphatic heterocycles. The number of hydrogen-bond acceptors (Lipinski definition) is 6. The standard InChI is InChI=1S/C18H22N6O2S/c1-13-4-5-14(2)16(12-13)27(25,26)23-10-8-22(9-11-23)18-7-6-17-19-15(3)20-24(17)21-18/h4-7,12H,8-11H2,1-3H3. The molecule has 9 heteroatoms. The Morgan fingerprint density at radius 1 is 0.926 bits per heavy atom. The van der Waals surface area contributed by atoms with Crippen molar-refractivity contribution < 1.29 is 8.42 Å². The molecule has 3 aromatic rings. The molecule has 142 valence electrons. The summed E-state index contributed by atoms with van der Waals surface area (Å²) in [5.41, 5.74) is 2.42. The summed E-state index contributed by atoms with van der Waals surface area (Å²) in [6.07, 6.45) is 0. The fourth-order valence-electron chi connectivity index (χ4n) is 3.33. The first-order chi connectivity index (χ1) is 12.8. The third-order valence-corrected chi connectivity index (χ3v) is 6.86. The number of rotatable bonds is 3. The zero-order chi connectivity index (χ0) is 19.2. The molecule has 0 radical (unpaired) electrons. The maximum Gasteiger partial charge on any atom is 0.243 e. The highest BCUT2D eigenvalue weighted by Gasteiger charge is 2.30. The predicted molar refractivity (Wildman–Crippen MR) is 102 cm³/mol. The van der Waals surface area contributed by atoms with Crippen LogP contribution < -0.4 is 4.90 Å². The van der Waals surface area contributed by atoms with E-state index in [-0.39, 0.29) is 0 Å². The number of nitrogens with zero attached hydrogens (tertiary/aromatic N) is 6. The Kier molecular flexibility index (Phi) is 4.35. The molecular weight excluding hydrogens is 364 g/mol. The zero-order valence-electron chi connectivity index (χ0n) is 15.6. The molecule has 0 saturated carbocycles. The van der Waals surface area contributed by atoms with Gasteiger partial charge in [0.15, 0.2) is 11.5 Å². The first kappa shape index (κ1) is 17.9. The van der Waals surface area contributed by atoms with E-state index in [1.165, 1.54) is 4.63 Å². The average molecular weight is 386 g/mol. The summed E-state index contributed by atoms with van der Waals surface area (Å²) in [6, 6.07) is 9.32. The minimum absolute atomic E-state index is 0.397. The van der Waals surface area contributed by atoms with Crippen molar-refractivity contribution >= 4 is 21.5 Å². The summed E-state index contributed by atoms with van der Waals surface area (Å²) in [5, 5.41) is 8.73. The third-order valence-electron chi connectivity index (χ3n) is 4.82. The molecule has 0 atom stereocenters. The first-order valence-corrected chi connectivity index (χ1v) is 10.3. The van der Waals surface area contributed by atoms with Crippen molar-refractivity contribution in [3.63, 3.8) is 0 Å². The molecule has 1 fully saturated rings. The fraction of sp³-hybridized carbons (Fsp3) is 0.389.